The van der Waals surface area contributed by atoms with Gasteiger partial charge >= 0.3 is 5.97 Å². The van der Waals surface area contributed by atoms with Gasteiger partial charge in [-0.1, -0.05) is 26.3 Å². The van der Waals surface area contributed by atoms with E-state index in [0.29, 0.717) is 13.0 Å². The Hall–Kier alpha value is -1.93. The molecule has 8 heteroatoms. The van der Waals surface area contributed by atoms with Crippen molar-refractivity contribution in [2.24, 2.45) is 17.8 Å². The summed E-state index contributed by atoms with van der Waals surface area (Å²) in [6, 6.07) is -1.68. The van der Waals surface area contributed by atoms with Crippen LogP contribution in [-0.2, 0) is 19.1 Å². The van der Waals surface area contributed by atoms with Gasteiger partial charge in [-0.3, -0.25) is 14.4 Å². The number of ether oxygens (including phenoxy) is 1. The van der Waals surface area contributed by atoms with E-state index in [1.165, 1.54) is 4.90 Å². The number of nitrogens with zero attached hydrogens (tertiary/aromatic N) is 2. The zero-order valence-corrected chi connectivity index (χ0v) is 19.2. The molecule has 8 nitrogen and oxygen atoms in total. The molecule has 8 atom stereocenters. The van der Waals surface area contributed by atoms with E-state index in [0.717, 1.165) is 12.8 Å². The van der Waals surface area contributed by atoms with Crippen LogP contribution < -0.4 is 0 Å². The number of likely N-dealkylation sites (tertiary alicyclic amines) is 1. The average molecular weight is 437 g/mol. The first-order chi connectivity index (χ1) is 14.5. The maximum Gasteiger partial charge on any atom is 0.310 e. The monoisotopic (exact) mass is 436 g/mol. The molecular weight excluding hydrogens is 400 g/mol. The zero-order chi connectivity index (χ0) is 23.3. The van der Waals surface area contributed by atoms with Gasteiger partial charge in [-0.05, 0) is 39.5 Å². The van der Waals surface area contributed by atoms with Gasteiger partial charge in [-0.25, -0.2) is 0 Å². The summed E-state index contributed by atoms with van der Waals surface area (Å²) in [4.78, 5) is 43.0. The van der Waals surface area contributed by atoms with Crippen molar-refractivity contribution in [3.05, 3.63) is 12.7 Å². The Morgan fingerprint density at radius 2 is 2.06 bits per heavy atom. The summed E-state index contributed by atoms with van der Waals surface area (Å²) in [5.41, 5.74) is -2.22. The quantitative estimate of drug-likeness (QED) is 0.533. The summed E-state index contributed by atoms with van der Waals surface area (Å²) in [6.07, 6.45) is 3.77. The highest BCUT2D eigenvalue weighted by Gasteiger charge is 2.80. The van der Waals surface area contributed by atoms with Crippen LogP contribution in [0.3, 0.4) is 0 Å². The molecule has 3 rings (SSSR count). The van der Waals surface area contributed by atoms with E-state index in [4.69, 9.17) is 4.74 Å². The minimum atomic E-state index is -1.21. The number of carbonyl (C=O) groups excluding carboxylic acids is 2. The van der Waals surface area contributed by atoms with Crippen LogP contribution in [0, 0.1) is 17.8 Å². The molecule has 2 bridgehead atoms. The van der Waals surface area contributed by atoms with Crippen molar-refractivity contribution in [3.8, 4) is 0 Å². The topological polar surface area (TPSA) is 107 Å². The smallest absolute Gasteiger partial charge is 0.310 e. The van der Waals surface area contributed by atoms with Crippen LogP contribution >= 0.6 is 0 Å². The van der Waals surface area contributed by atoms with Gasteiger partial charge in [0.25, 0.3) is 0 Å². The molecule has 4 unspecified atom stereocenters. The van der Waals surface area contributed by atoms with E-state index in [2.05, 4.69) is 6.58 Å². The molecule has 1 spiro atoms. The Kier molecular flexibility index (Phi) is 6.28. The molecule has 0 saturated carbocycles. The van der Waals surface area contributed by atoms with Gasteiger partial charge < -0.3 is 24.7 Å². The largest absolute Gasteiger partial charge is 0.481 e. The van der Waals surface area contributed by atoms with Crippen LogP contribution in [0.4, 0.5) is 0 Å². The number of aliphatic carboxylic acids is 1. The van der Waals surface area contributed by atoms with Crippen LogP contribution in [0.5, 0.6) is 0 Å². The van der Waals surface area contributed by atoms with Gasteiger partial charge in [-0.2, -0.15) is 0 Å². The van der Waals surface area contributed by atoms with Gasteiger partial charge in [-0.15, -0.1) is 6.58 Å². The summed E-state index contributed by atoms with van der Waals surface area (Å²) in [6.45, 7) is 13.1. The van der Waals surface area contributed by atoms with Gasteiger partial charge in [0, 0.05) is 12.6 Å². The molecule has 174 valence electrons. The van der Waals surface area contributed by atoms with Crippen LogP contribution in [0.1, 0.15) is 53.9 Å². The summed E-state index contributed by atoms with van der Waals surface area (Å²) >= 11 is 0. The van der Waals surface area contributed by atoms with E-state index < -0.39 is 47.0 Å². The number of aliphatic hydroxyl groups is 1. The van der Waals surface area contributed by atoms with Crippen molar-refractivity contribution in [1.82, 2.24) is 9.80 Å². The summed E-state index contributed by atoms with van der Waals surface area (Å²) < 4.78 is 6.46. The minimum absolute atomic E-state index is 0.0748. The fourth-order valence-electron chi connectivity index (χ4n) is 6.25. The van der Waals surface area contributed by atoms with E-state index in [1.54, 1.807) is 24.8 Å². The molecule has 2 amide bonds. The number of hydrogen-bond donors (Lipinski definition) is 2. The molecule has 3 aliphatic rings. The molecule has 3 aliphatic heterocycles. The minimum Gasteiger partial charge on any atom is -0.481 e. The molecule has 0 aromatic rings. The second-order valence-electron chi connectivity index (χ2n) is 9.74. The molecule has 3 fully saturated rings. The Morgan fingerprint density at radius 1 is 1.42 bits per heavy atom. The summed E-state index contributed by atoms with van der Waals surface area (Å²) in [5, 5.41) is 19.9. The molecule has 0 aromatic carbocycles. The van der Waals surface area contributed by atoms with Crippen LogP contribution in [0.15, 0.2) is 12.7 Å². The first-order valence-electron chi connectivity index (χ1n) is 11.3. The second kappa shape index (κ2) is 8.20. The Bertz CT molecular complexity index is 771. The van der Waals surface area contributed by atoms with Gasteiger partial charge in [0.2, 0.25) is 11.8 Å². The molecule has 0 radical (unpaired) electrons. The fourth-order valence-corrected chi connectivity index (χ4v) is 6.25. The van der Waals surface area contributed by atoms with Crippen molar-refractivity contribution in [1.29, 1.82) is 0 Å². The van der Waals surface area contributed by atoms with Crippen molar-refractivity contribution in [2.75, 3.05) is 13.2 Å². The van der Waals surface area contributed by atoms with Crippen LogP contribution in [0.25, 0.3) is 0 Å². The molecule has 2 N–H and O–H groups in total. The normalized spacial score (nSPS) is 38.1. The van der Waals surface area contributed by atoms with Crippen molar-refractivity contribution in [2.45, 2.75) is 83.2 Å². The maximum absolute atomic E-state index is 14.0. The lowest BCUT2D eigenvalue weighted by Gasteiger charge is -2.40. The number of aliphatic hydroxyl groups excluding tert-OH is 1. The Labute approximate surface area is 184 Å². The number of fused-ring (bicyclic) bond motifs is 1. The van der Waals surface area contributed by atoms with E-state index in [-0.39, 0.29) is 24.5 Å². The highest BCUT2D eigenvalue weighted by Crippen LogP contribution is 2.65. The first kappa shape index (κ1) is 23.7. The maximum atomic E-state index is 14.0. The van der Waals surface area contributed by atoms with E-state index in [9.17, 15) is 24.6 Å². The number of rotatable bonds is 9. The summed E-state index contributed by atoms with van der Waals surface area (Å²) in [5.74, 6) is -3.86. The van der Waals surface area contributed by atoms with Crippen molar-refractivity contribution < 1.29 is 29.3 Å². The van der Waals surface area contributed by atoms with Crippen LogP contribution in [0.2, 0.25) is 0 Å². The van der Waals surface area contributed by atoms with Gasteiger partial charge in [0.15, 0.2) is 0 Å². The third-order valence-electron chi connectivity index (χ3n) is 7.84. The van der Waals surface area contributed by atoms with Crippen LogP contribution in [-0.4, -0.2) is 80.3 Å². The third kappa shape index (κ3) is 3.21. The first-order valence-corrected chi connectivity index (χ1v) is 11.3. The SMILES string of the molecule is C=CCN(C(=O)C1N([C@H](C)CO)C(=O)[C@@H]2[C@@H](C(=O)O)[C@]3(C)OC12CC3C)C(C)CCC. The molecule has 3 heterocycles. The lowest BCUT2D eigenvalue weighted by atomic mass is 9.62. The number of carboxylic acids is 1. The fraction of sp³-hybridized carbons (Fsp3) is 0.783. The number of carbonyl (C=O) groups is 3. The number of hydrogen-bond acceptors (Lipinski definition) is 5. The molecule has 3 saturated heterocycles. The number of carboxylic acid groups (broad SMARTS) is 1. The third-order valence-corrected chi connectivity index (χ3v) is 7.84. The standard InChI is InChI=1S/C23H36N2O6/c1-7-9-14(4)24(10-8-2)20(28)18-23-11-13(3)22(6,31-23)17(21(29)30)16(23)19(27)25(18)15(5)12-26/h8,13-18,26H,2,7,9-12H2,1,3-6H3,(H,29,30)/t13?,14?,15-,16+,17+,18?,22-,23?/m1/s1. The lowest BCUT2D eigenvalue weighted by molar-refractivity contribution is -0.160. The van der Waals surface area contributed by atoms with E-state index in [1.807, 2.05) is 20.8 Å². The average Bonchev–Trinajstić information content (AvgIpc) is 3.22. The highest BCUT2D eigenvalue weighted by molar-refractivity contribution is 5.98. The molecular formula is C23H36N2O6. The van der Waals surface area contributed by atoms with Crippen molar-refractivity contribution >= 4 is 17.8 Å². The van der Waals surface area contributed by atoms with Crippen molar-refractivity contribution in [3.63, 3.8) is 0 Å². The Balaban J connectivity index is 2.14. The zero-order valence-electron chi connectivity index (χ0n) is 19.2. The van der Waals surface area contributed by atoms with E-state index >= 15 is 0 Å². The Morgan fingerprint density at radius 3 is 2.58 bits per heavy atom. The predicted octanol–water partition coefficient (Wildman–Crippen LogP) is 1.67. The van der Waals surface area contributed by atoms with Gasteiger partial charge in [0.05, 0.1) is 24.2 Å². The highest BCUT2D eigenvalue weighted by atomic mass is 16.5. The molecule has 31 heavy (non-hydrogen) atoms. The molecule has 0 aromatic heterocycles. The summed E-state index contributed by atoms with van der Waals surface area (Å²) in [7, 11) is 0. The molecule has 0 aliphatic carbocycles. The predicted molar refractivity (Wildman–Crippen MR) is 114 cm³/mol. The van der Waals surface area contributed by atoms with Gasteiger partial charge in [0.1, 0.15) is 17.6 Å². The lowest BCUT2D eigenvalue weighted by Crippen LogP contribution is -2.59. The second-order valence-corrected chi connectivity index (χ2v) is 9.74. The number of amides is 2.